The fraction of sp³-hybridized carbons (Fsp3) is 0.400. The lowest BCUT2D eigenvalue weighted by atomic mass is 10.2. The van der Waals surface area contributed by atoms with Gasteiger partial charge in [0.1, 0.15) is 11.9 Å². The van der Waals surface area contributed by atoms with Gasteiger partial charge < -0.3 is 26.5 Å². The van der Waals surface area contributed by atoms with Crippen molar-refractivity contribution in [3.63, 3.8) is 0 Å². The monoisotopic (exact) mass is 269 g/mol. The van der Waals surface area contributed by atoms with E-state index >= 15 is 0 Å². The molecule has 0 bridgehead atoms. The molecule has 1 aromatic heterocycles. The van der Waals surface area contributed by atoms with Crippen molar-refractivity contribution in [1.29, 1.82) is 0 Å². The number of amides is 3. The largest absolute Gasteiger partial charge is 0.480 e. The van der Waals surface area contributed by atoms with Crippen LogP contribution < -0.4 is 16.4 Å². The molecular formula is C10H15N5O4. The molecule has 0 aliphatic carbocycles. The molecule has 0 aliphatic heterocycles. The Labute approximate surface area is 108 Å². The minimum atomic E-state index is -1.36. The Morgan fingerprint density at radius 3 is 2.63 bits per heavy atom. The fourth-order valence-corrected chi connectivity index (χ4v) is 1.38. The number of H-pyrrole nitrogens is 1. The number of aromatic amines is 1. The normalized spacial score (nSPS) is 13.3. The van der Waals surface area contributed by atoms with Crippen LogP contribution >= 0.6 is 0 Å². The van der Waals surface area contributed by atoms with Crippen LogP contribution in [-0.4, -0.2) is 39.0 Å². The number of nitrogens with two attached hydrogens (primary N) is 1. The first-order chi connectivity index (χ1) is 8.90. The van der Waals surface area contributed by atoms with Crippen LogP contribution in [0.4, 0.5) is 4.79 Å². The number of carboxylic acids is 1. The average Bonchev–Trinajstić information content (AvgIpc) is 2.80. The van der Waals surface area contributed by atoms with Crippen LogP contribution in [0, 0.1) is 0 Å². The van der Waals surface area contributed by atoms with Crippen molar-refractivity contribution in [3.05, 3.63) is 18.2 Å². The Bertz CT molecular complexity index is 458. The number of aliphatic carboxylic acids is 1. The summed E-state index contributed by atoms with van der Waals surface area (Å²) in [6.45, 7) is 1.67. The smallest absolute Gasteiger partial charge is 0.326 e. The summed E-state index contributed by atoms with van der Waals surface area (Å²) >= 11 is 0. The Morgan fingerprint density at radius 1 is 1.47 bits per heavy atom. The van der Waals surface area contributed by atoms with Crippen molar-refractivity contribution in [2.75, 3.05) is 0 Å². The quantitative estimate of drug-likeness (QED) is 0.453. The number of nitrogens with zero attached hydrogens (tertiary/aromatic N) is 1. The van der Waals surface area contributed by atoms with Crippen LogP contribution in [0.1, 0.15) is 25.2 Å². The lowest BCUT2D eigenvalue weighted by Gasteiger charge is -2.16. The van der Waals surface area contributed by atoms with E-state index in [1.807, 2.05) is 0 Å². The molecule has 2 atom stereocenters. The standard InChI is InChI=1S/C10H15N5O4/c1-5(8-12-2-3-13-8)14-10(19)15-6(9(17)18)4-7(11)16/h2-3,5-6H,4H2,1H3,(H2,11,16)(H,12,13)(H,17,18)(H2,14,15,19)/t5?,6-/m1/s1. The Hall–Kier alpha value is -2.58. The first-order valence-electron chi connectivity index (χ1n) is 5.47. The van der Waals surface area contributed by atoms with Gasteiger partial charge in [-0.25, -0.2) is 14.6 Å². The predicted molar refractivity (Wildman–Crippen MR) is 63.9 cm³/mol. The number of nitrogens with one attached hydrogen (secondary N) is 3. The molecule has 3 amide bonds. The molecule has 6 N–H and O–H groups in total. The third-order valence-corrected chi connectivity index (χ3v) is 2.29. The van der Waals surface area contributed by atoms with E-state index in [2.05, 4.69) is 20.6 Å². The molecule has 0 radical (unpaired) electrons. The van der Waals surface area contributed by atoms with Crippen LogP contribution in [0.2, 0.25) is 0 Å². The van der Waals surface area contributed by atoms with Gasteiger partial charge in [-0.05, 0) is 6.92 Å². The molecular weight excluding hydrogens is 254 g/mol. The van der Waals surface area contributed by atoms with Gasteiger partial charge in [0.25, 0.3) is 0 Å². The van der Waals surface area contributed by atoms with Crippen molar-refractivity contribution in [3.8, 4) is 0 Å². The third-order valence-electron chi connectivity index (χ3n) is 2.29. The SMILES string of the molecule is CC(NC(=O)N[C@H](CC(N)=O)C(=O)O)c1ncc[nH]1. The van der Waals surface area contributed by atoms with Crippen molar-refractivity contribution < 1.29 is 19.5 Å². The summed E-state index contributed by atoms with van der Waals surface area (Å²) < 4.78 is 0. The highest BCUT2D eigenvalue weighted by Gasteiger charge is 2.23. The van der Waals surface area contributed by atoms with E-state index in [0.717, 1.165) is 0 Å². The molecule has 0 aromatic carbocycles. The fourth-order valence-electron chi connectivity index (χ4n) is 1.38. The number of carboxylic acid groups (broad SMARTS) is 1. The summed E-state index contributed by atoms with van der Waals surface area (Å²) in [4.78, 5) is 39.8. The third kappa shape index (κ3) is 4.66. The van der Waals surface area contributed by atoms with Crippen LogP contribution in [0.3, 0.4) is 0 Å². The molecule has 9 nitrogen and oxygen atoms in total. The zero-order chi connectivity index (χ0) is 14.4. The summed E-state index contributed by atoms with van der Waals surface area (Å²) in [5, 5.41) is 13.5. The van der Waals surface area contributed by atoms with E-state index in [9.17, 15) is 14.4 Å². The lowest BCUT2D eigenvalue weighted by molar-refractivity contribution is -0.140. The average molecular weight is 269 g/mol. The lowest BCUT2D eigenvalue weighted by Crippen LogP contribution is -2.48. The van der Waals surface area contributed by atoms with Crippen molar-refractivity contribution in [2.45, 2.75) is 25.4 Å². The van der Waals surface area contributed by atoms with Crippen LogP contribution in [0.25, 0.3) is 0 Å². The molecule has 1 rings (SSSR count). The van der Waals surface area contributed by atoms with Gasteiger partial charge >= 0.3 is 12.0 Å². The number of imidazole rings is 1. The van der Waals surface area contributed by atoms with E-state index in [4.69, 9.17) is 10.8 Å². The van der Waals surface area contributed by atoms with Gasteiger partial charge in [0.05, 0.1) is 12.5 Å². The maximum absolute atomic E-state index is 11.6. The van der Waals surface area contributed by atoms with E-state index in [1.54, 1.807) is 13.1 Å². The molecule has 9 heteroatoms. The van der Waals surface area contributed by atoms with Crippen molar-refractivity contribution in [1.82, 2.24) is 20.6 Å². The van der Waals surface area contributed by atoms with Gasteiger partial charge in [0.2, 0.25) is 5.91 Å². The number of carbonyl (C=O) groups excluding carboxylic acids is 2. The van der Waals surface area contributed by atoms with Gasteiger partial charge in [0, 0.05) is 12.4 Å². The van der Waals surface area contributed by atoms with E-state index in [0.29, 0.717) is 5.82 Å². The summed E-state index contributed by atoms with van der Waals surface area (Å²) in [6.07, 6.45) is 2.65. The molecule has 104 valence electrons. The highest BCUT2D eigenvalue weighted by molar-refractivity contribution is 5.87. The molecule has 0 fully saturated rings. The topological polar surface area (TPSA) is 150 Å². The van der Waals surface area contributed by atoms with Crippen molar-refractivity contribution in [2.24, 2.45) is 5.73 Å². The molecule has 1 unspecified atom stereocenters. The number of hydrogen-bond donors (Lipinski definition) is 5. The van der Waals surface area contributed by atoms with Crippen LogP contribution in [0.15, 0.2) is 12.4 Å². The Balaban J connectivity index is 2.53. The molecule has 1 aromatic rings. The maximum atomic E-state index is 11.6. The van der Waals surface area contributed by atoms with Gasteiger partial charge in [-0.2, -0.15) is 0 Å². The number of hydrogen-bond acceptors (Lipinski definition) is 4. The second kappa shape index (κ2) is 6.38. The molecule has 0 spiro atoms. The molecule has 0 saturated heterocycles. The van der Waals surface area contributed by atoms with Crippen molar-refractivity contribution >= 4 is 17.9 Å². The Kier molecular flexibility index (Phi) is 4.86. The van der Waals surface area contributed by atoms with E-state index in [1.165, 1.54) is 6.20 Å². The molecule has 19 heavy (non-hydrogen) atoms. The number of rotatable bonds is 6. The van der Waals surface area contributed by atoms with Gasteiger partial charge in [-0.1, -0.05) is 0 Å². The first-order valence-corrected chi connectivity index (χ1v) is 5.47. The number of carbonyl (C=O) groups is 3. The number of primary amides is 1. The van der Waals surface area contributed by atoms with Gasteiger partial charge in [0.15, 0.2) is 0 Å². The van der Waals surface area contributed by atoms with Crippen LogP contribution in [0.5, 0.6) is 0 Å². The summed E-state index contributed by atoms with van der Waals surface area (Å²) in [6, 6.07) is -2.52. The molecule has 0 aliphatic rings. The van der Waals surface area contributed by atoms with Gasteiger partial charge in [-0.15, -0.1) is 0 Å². The highest BCUT2D eigenvalue weighted by atomic mass is 16.4. The predicted octanol–water partition coefficient (Wildman–Crippen LogP) is -0.901. The first kappa shape index (κ1) is 14.5. The van der Waals surface area contributed by atoms with Gasteiger partial charge in [-0.3, -0.25) is 4.79 Å². The zero-order valence-corrected chi connectivity index (χ0v) is 10.2. The summed E-state index contributed by atoms with van der Waals surface area (Å²) in [7, 11) is 0. The van der Waals surface area contributed by atoms with E-state index < -0.39 is 36.4 Å². The number of aromatic nitrogens is 2. The second-order valence-electron chi connectivity index (χ2n) is 3.88. The second-order valence-corrected chi connectivity index (χ2v) is 3.88. The minimum absolute atomic E-state index is 0.432. The Morgan fingerprint density at radius 2 is 2.16 bits per heavy atom. The highest BCUT2D eigenvalue weighted by Crippen LogP contribution is 2.04. The number of urea groups is 1. The minimum Gasteiger partial charge on any atom is -0.480 e. The van der Waals surface area contributed by atoms with Crippen LogP contribution in [-0.2, 0) is 9.59 Å². The summed E-state index contributed by atoms with van der Waals surface area (Å²) in [5.41, 5.74) is 4.90. The molecule has 1 heterocycles. The summed E-state index contributed by atoms with van der Waals surface area (Å²) in [5.74, 6) is -1.62. The maximum Gasteiger partial charge on any atom is 0.326 e. The molecule has 0 saturated carbocycles. The zero-order valence-electron chi connectivity index (χ0n) is 10.2. The van der Waals surface area contributed by atoms with E-state index in [-0.39, 0.29) is 0 Å².